The normalized spacial score (nSPS) is 10.1. The van der Waals surface area contributed by atoms with Crippen molar-refractivity contribution in [3.8, 4) is 0 Å². The standard InChI is InChI=1S/C12H14BrNO3/c1-8-5-10(13)4-3-9(8)6-11(15)14(2)7-12(16)17/h3-5H,6-7H2,1-2H3,(H,16,17). The zero-order valence-electron chi connectivity index (χ0n) is 9.74. The highest BCUT2D eigenvalue weighted by atomic mass is 79.9. The molecule has 0 aliphatic rings. The molecule has 0 bridgehead atoms. The van der Waals surface area contributed by atoms with E-state index in [1.807, 2.05) is 25.1 Å². The van der Waals surface area contributed by atoms with Crippen molar-refractivity contribution in [2.45, 2.75) is 13.3 Å². The fourth-order valence-corrected chi connectivity index (χ4v) is 1.92. The molecule has 1 rings (SSSR count). The average molecular weight is 300 g/mol. The van der Waals surface area contributed by atoms with E-state index >= 15 is 0 Å². The summed E-state index contributed by atoms with van der Waals surface area (Å²) in [4.78, 5) is 23.4. The maximum Gasteiger partial charge on any atom is 0.323 e. The van der Waals surface area contributed by atoms with Crippen molar-refractivity contribution in [1.29, 1.82) is 0 Å². The fourth-order valence-electron chi connectivity index (χ4n) is 1.45. The van der Waals surface area contributed by atoms with Crippen LogP contribution in [0.1, 0.15) is 11.1 Å². The number of carbonyl (C=O) groups is 2. The van der Waals surface area contributed by atoms with Crippen LogP contribution in [-0.2, 0) is 16.0 Å². The molecule has 92 valence electrons. The monoisotopic (exact) mass is 299 g/mol. The van der Waals surface area contributed by atoms with E-state index in [9.17, 15) is 9.59 Å². The lowest BCUT2D eigenvalue weighted by Crippen LogP contribution is -2.33. The number of likely N-dealkylation sites (N-methyl/N-ethyl adjacent to an activating group) is 1. The number of aliphatic carboxylic acids is 1. The molecule has 0 aromatic heterocycles. The minimum atomic E-state index is -1.01. The molecule has 0 spiro atoms. The topological polar surface area (TPSA) is 57.6 Å². The number of halogens is 1. The predicted octanol–water partition coefficient (Wildman–Crippen LogP) is 1.84. The van der Waals surface area contributed by atoms with Crippen molar-refractivity contribution in [2.75, 3.05) is 13.6 Å². The Kier molecular flexibility index (Phi) is 4.69. The lowest BCUT2D eigenvalue weighted by molar-refractivity contribution is -0.143. The van der Waals surface area contributed by atoms with Gasteiger partial charge in [0.05, 0.1) is 6.42 Å². The van der Waals surface area contributed by atoms with Crippen molar-refractivity contribution in [1.82, 2.24) is 4.90 Å². The minimum Gasteiger partial charge on any atom is -0.480 e. The highest BCUT2D eigenvalue weighted by Gasteiger charge is 2.13. The third-order valence-corrected chi connectivity index (χ3v) is 2.94. The molecule has 0 heterocycles. The van der Waals surface area contributed by atoms with Gasteiger partial charge in [-0.15, -0.1) is 0 Å². The molecule has 1 N–H and O–H groups in total. The molecule has 17 heavy (non-hydrogen) atoms. The summed E-state index contributed by atoms with van der Waals surface area (Å²) in [5.41, 5.74) is 1.92. The molecular weight excluding hydrogens is 286 g/mol. The SMILES string of the molecule is Cc1cc(Br)ccc1CC(=O)N(C)CC(=O)O. The molecular formula is C12H14BrNO3. The van der Waals surface area contributed by atoms with E-state index in [1.165, 1.54) is 11.9 Å². The lowest BCUT2D eigenvalue weighted by atomic mass is 10.1. The Morgan fingerprint density at radius 3 is 2.59 bits per heavy atom. The highest BCUT2D eigenvalue weighted by Crippen LogP contribution is 2.16. The molecule has 0 radical (unpaired) electrons. The zero-order chi connectivity index (χ0) is 13.0. The molecule has 0 atom stereocenters. The van der Waals surface area contributed by atoms with Gasteiger partial charge in [0, 0.05) is 11.5 Å². The molecule has 0 fully saturated rings. The lowest BCUT2D eigenvalue weighted by Gasteiger charge is -2.15. The van der Waals surface area contributed by atoms with Crippen LogP contribution >= 0.6 is 15.9 Å². The Bertz CT molecular complexity index is 445. The number of carboxylic acid groups (broad SMARTS) is 1. The second-order valence-electron chi connectivity index (χ2n) is 3.89. The molecule has 0 unspecified atom stereocenters. The van der Waals surface area contributed by atoms with Crippen LogP contribution in [0.2, 0.25) is 0 Å². The Hall–Kier alpha value is -1.36. The number of hydrogen-bond donors (Lipinski definition) is 1. The Morgan fingerprint density at radius 2 is 2.06 bits per heavy atom. The van der Waals surface area contributed by atoms with Gasteiger partial charge in [-0.1, -0.05) is 22.0 Å². The van der Waals surface area contributed by atoms with Crippen molar-refractivity contribution < 1.29 is 14.7 Å². The number of amides is 1. The van der Waals surface area contributed by atoms with E-state index < -0.39 is 5.97 Å². The van der Waals surface area contributed by atoms with Gasteiger partial charge in [0.2, 0.25) is 5.91 Å². The van der Waals surface area contributed by atoms with Crippen LogP contribution in [0.4, 0.5) is 0 Å². The van der Waals surface area contributed by atoms with Crippen molar-refractivity contribution in [2.24, 2.45) is 0 Å². The number of carbonyl (C=O) groups excluding carboxylic acids is 1. The van der Waals surface area contributed by atoms with Crippen molar-refractivity contribution in [3.05, 3.63) is 33.8 Å². The van der Waals surface area contributed by atoms with Crippen LogP contribution < -0.4 is 0 Å². The molecule has 0 saturated carbocycles. The highest BCUT2D eigenvalue weighted by molar-refractivity contribution is 9.10. The summed E-state index contributed by atoms with van der Waals surface area (Å²) in [6.07, 6.45) is 0.225. The molecule has 1 aromatic rings. The Morgan fingerprint density at radius 1 is 1.41 bits per heavy atom. The number of hydrogen-bond acceptors (Lipinski definition) is 2. The smallest absolute Gasteiger partial charge is 0.323 e. The van der Waals surface area contributed by atoms with Gasteiger partial charge in [-0.2, -0.15) is 0 Å². The maximum atomic E-state index is 11.7. The third kappa shape index (κ3) is 4.19. The van der Waals surface area contributed by atoms with E-state index in [0.717, 1.165) is 15.6 Å². The van der Waals surface area contributed by atoms with Gasteiger partial charge in [-0.25, -0.2) is 0 Å². The summed E-state index contributed by atoms with van der Waals surface area (Å²) >= 11 is 3.35. The van der Waals surface area contributed by atoms with Crippen molar-refractivity contribution in [3.63, 3.8) is 0 Å². The number of rotatable bonds is 4. The van der Waals surface area contributed by atoms with E-state index in [-0.39, 0.29) is 18.9 Å². The largest absolute Gasteiger partial charge is 0.480 e. The van der Waals surface area contributed by atoms with Crippen molar-refractivity contribution >= 4 is 27.8 Å². The second-order valence-corrected chi connectivity index (χ2v) is 4.81. The van der Waals surface area contributed by atoms with Gasteiger partial charge < -0.3 is 10.0 Å². The van der Waals surface area contributed by atoms with Gasteiger partial charge in [-0.3, -0.25) is 9.59 Å². The van der Waals surface area contributed by atoms with Crippen LogP contribution in [-0.4, -0.2) is 35.5 Å². The molecule has 1 aromatic carbocycles. The Labute approximate surface area is 108 Å². The number of benzene rings is 1. The molecule has 0 saturated heterocycles. The van der Waals surface area contributed by atoms with Crippen LogP contribution in [0.5, 0.6) is 0 Å². The van der Waals surface area contributed by atoms with Crippen LogP contribution in [0.15, 0.2) is 22.7 Å². The number of nitrogens with zero attached hydrogens (tertiary/aromatic N) is 1. The molecule has 4 nitrogen and oxygen atoms in total. The summed E-state index contributed by atoms with van der Waals surface area (Å²) in [5, 5.41) is 8.59. The second kappa shape index (κ2) is 5.82. The number of carboxylic acids is 1. The summed E-state index contributed by atoms with van der Waals surface area (Å²) in [6.45, 7) is 1.65. The van der Waals surface area contributed by atoms with Gasteiger partial charge in [0.25, 0.3) is 0 Å². The maximum absolute atomic E-state index is 11.7. The summed E-state index contributed by atoms with van der Waals surface area (Å²) in [6, 6.07) is 5.67. The predicted molar refractivity (Wildman–Crippen MR) is 67.9 cm³/mol. The molecule has 5 heteroatoms. The average Bonchev–Trinajstić information content (AvgIpc) is 2.21. The quantitative estimate of drug-likeness (QED) is 0.923. The first-order valence-corrected chi connectivity index (χ1v) is 5.90. The minimum absolute atomic E-state index is 0.196. The number of aryl methyl sites for hydroxylation is 1. The van der Waals surface area contributed by atoms with Gasteiger partial charge in [-0.05, 0) is 30.2 Å². The fraction of sp³-hybridized carbons (Fsp3) is 0.333. The first-order chi connectivity index (χ1) is 7.90. The molecule has 0 aliphatic heterocycles. The Balaban J connectivity index is 2.71. The van der Waals surface area contributed by atoms with Crippen LogP contribution in [0.25, 0.3) is 0 Å². The summed E-state index contributed by atoms with van der Waals surface area (Å²) in [7, 11) is 1.49. The van der Waals surface area contributed by atoms with E-state index in [2.05, 4.69) is 15.9 Å². The van der Waals surface area contributed by atoms with E-state index in [0.29, 0.717) is 0 Å². The summed E-state index contributed by atoms with van der Waals surface area (Å²) < 4.78 is 0.963. The third-order valence-electron chi connectivity index (χ3n) is 2.44. The molecule has 1 amide bonds. The zero-order valence-corrected chi connectivity index (χ0v) is 11.3. The summed E-state index contributed by atoms with van der Waals surface area (Å²) in [5.74, 6) is -1.20. The molecule has 0 aliphatic carbocycles. The van der Waals surface area contributed by atoms with Gasteiger partial charge in [0.15, 0.2) is 0 Å². The van der Waals surface area contributed by atoms with Crippen LogP contribution in [0, 0.1) is 6.92 Å². The van der Waals surface area contributed by atoms with Gasteiger partial charge >= 0.3 is 5.97 Å². The van der Waals surface area contributed by atoms with Gasteiger partial charge in [0.1, 0.15) is 6.54 Å². The van der Waals surface area contributed by atoms with E-state index in [1.54, 1.807) is 0 Å². The first-order valence-electron chi connectivity index (χ1n) is 5.11. The van der Waals surface area contributed by atoms with Crippen LogP contribution in [0.3, 0.4) is 0 Å². The van der Waals surface area contributed by atoms with E-state index in [4.69, 9.17) is 5.11 Å². The first kappa shape index (κ1) is 13.7.